The molecule has 0 spiro atoms. The maximum Gasteiger partial charge on any atom is 0.168 e. The largest absolute Gasteiger partial charge is 0.506 e. The summed E-state index contributed by atoms with van der Waals surface area (Å²) in [6, 6.07) is 5.49. The van der Waals surface area contributed by atoms with Crippen molar-refractivity contribution in [2.75, 3.05) is 5.73 Å². The number of benzene rings is 1. The van der Waals surface area contributed by atoms with Gasteiger partial charge in [-0.2, -0.15) is 0 Å². The maximum absolute atomic E-state index is 14.4. The topological polar surface area (TPSA) is 72.0 Å². The zero-order chi connectivity index (χ0) is 15.9. The number of pyridine rings is 2. The van der Waals surface area contributed by atoms with Gasteiger partial charge in [0.25, 0.3) is 0 Å². The van der Waals surface area contributed by atoms with Crippen LogP contribution in [0.5, 0.6) is 5.75 Å². The molecule has 1 aromatic carbocycles. The first-order valence-electron chi connectivity index (χ1n) is 6.73. The first-order valence-corrected chi connectivity index (χ1v) is 6.73. The second-order valence-electron chi connectivity index (χ2n) is 4.90. The first kappa shape index (κ1) is 16.9. The second-order valence-corrected chi connectivity index (χ2v) is 4.90. The summed E-state index contributed by atoms with van der Waals surface area (Å²) in [5.74, 6) is -1.80. The molecule has 0 aliphatic rings. The third-order valence-electron chi connectivity index (χ3n) is 3.45. The normalized spacial score (nSPS) is 10.6. The van der Waals surface area contributed by atoms with Crippen LogP contribution in [-0.4, -0.2) is 15.1 Å². The van der Waals surface area contributed by atoms with Crippen molar-refractivity contribution in [3.8, 4) is 16.9 Å². The van der Waals surface area contributed by atoms with Crippen molar-refractivity contribution in [3.05, 3.63) is 47.8 Å². The number of nitrogens with zero attached hydrogens (tertiary/aromatic N) is 2. The summed E-state index contributed by atoms with van der Waals surface area (Å²) < 4.78 is 28.3. The Kier molecular flexibility index (Phi) is 4.65. The van der Waals surface area contributed by atoms with E-state index in [0.717, 1.165) is 6.07 Å². The zero-order valence-electron chi connectivity index (χ0n) is 12.2. The van der Waals surface area contributed by atoms with Gasteiger partial charge in [0.1, 0.15) is 11.6 Å². The van der Waals surface area contributed by atoms with Gasteiger partial charge >= 0.3 is 0 Å². The molecule has 0 fully saturated rings. The summed E-state index contributed by atoms with van der Waals surface area (Å²) in [4.78, 5) is 8.22. The summed E-state index contributed by atoms with van der Waals surface area (Å²) in [6.07, 6.45) is 1.70. The standard InChI is InChI=1S/C16H13F2N3O.ClH/c1-2-12-10(3-4-13(19)21-12)14-15(18)11(17)6-8-5-9(22)7-20-16(8)14;/h3-7,22H,2H2,1H3,(H2,19,21);1H. The maximum atomic E-state index is 14.4. The molecule has 0 amide bonds. The van der Waals surface area contributed by atoms with Crippen LogP contribution in [0.4, 0.5) is 14.6 Å². The van der Waals surface area contributed by atoms with E-state index in [2.05, 4.69) is 9.97 Å². The van der Waals surface area contributed by atoms with Crippen LogP contribution in [0, 0.1) is 11.6 Å². The van der Waals surface area contributed by atoms with Crippen LogP contribution < -0.4 is 5.73 Å². The number of aromatic hydroxyl groups is 1. The van der Waals surface area contributed by atoms with E-state index < -0.39 is 11.6 Å². The molecular formula is C16H14ClF2N3O. The second kappa shape index (κ2) is 6.34. The molecule has 7 heteroatoms. The number of aryl methyl sites for hydroxylation is 1. The Bertz CT molecular complexity index is 887. The molecule has 0 saturated heterocycles. The lowest BCUT2D eigenvalue weighted by Crippen LogP contribution is -2.01. The van der Waals surface area contributed by atoms with Crippen LogP contribution >= 0.6 is 12.4 Å². The summed E-state index contributed by atoms with van der Waals surface area (Å²) in [6.45, 7) is 1.85. The fourth-order valence-corrected chi connectivity index (χ4v) is 2.47. The van der Waals surface area contributed by atoms with Gasteiger partial charge in [-0.05, 0) is 30.7 Å². The minimum absolute atomic E-state index is 0. The minimum Gasteiger partial charge on any atom is -0.506 e. The molecule has 120 valence electrons. The van der Waals surface area contributed by atoms with Crippen molar-refractivity contribution in [2.45, 2.75) is 13.3 Å². The summed E-state index contributed by atoms with van der Waals surface area (Å²) in [5, 5.41) is 9.79. The van der Waals surface area contributed by atoms with E-state index in [1.54, 1.807) is 6.07 Å². The summed E-state index contributed by atoms with van der Waals surface area (Å²) >= 11 is 0. The number of aromatic nitrogens is 2. The fraction of sp³-hybridized carbons (Fsp3) is 0.125. The molecule has 0 aliphatic carbocycles. The van der Waals surface area contributed by atoms with Crippen LogP contribution in [0.2, 0.25) is 0 Å². The number of hydrogen-bond acceptors (Lipinski definition) is 4. The highest BCUT2D eigenvalue weighted by atomic mass is 35.5. The molecule has 3 rings (SSSR count). The monoisotopic (exact) mass is 337 g/mol. The van der Waals surface area contributed by atoms with E-state index in [4.69, 9.17) is 5.73 Å². The van der Waals surface area contributed by atoms with Gasteiger partial charge in [-0.3, -0.25) is 4.98 Å². The molecule has 4 nitrogen and oxygen atoms in total. The van der Waals surface area contributed by atoms with E-state index in [1.807, 2.05) is 6.92 Å². The van der Waals surface area contributed by atoms with Crippen LogP contribution in [-0.2, 0) is 6.42 Å². The van der Waals surface area contributed by atoms with E-state index in [1.165, 1.54) is 18.3 Å². The predicted molar refractivity (Wildman–Crippen MR) is 87.6 cm³/mol. The number of rotatable bonds is 2. The molecule has 0 saturated carbocycles. The van der Waals surface area contributed by atoms with Crippen LogP contribution in [0.15, 0.2) is 30.5 Å². The van der Waals surface area contributed by atoms with Gasteiger partial charge in [0, 0.05) is 16.5 Å². The summed E-state index contributed by atoms with van der Waals surface area (Å²) in [7, 11) is 0. The van der Waals surface area contributed by atoms with E-state index >= 15 is 0 Å². The lowest BCUT2D eigenvalue weighted by Gasteiger charge is -2.12. The number of nitrogen functional groups attached to an aromatic ring is 1. The van der Waals surface area contributed by atoms with Crippen molar-refractivity contribution in [1.29, 1.82) is 0 Å². The van der Waals surface area contributed by atoms with Gasteiger partial charge in [0.05, 0.1) is 17.4 Å². The van der Waals surface area contributed by atoms with Crippen molar-refractivity contribution < 1.29 is 13.9 Å². The molecule has 0 radical (unpaired) electrons. The number of hydrogen-bond donors (Lipinski definition) is 2. The third-order valence-corrected chi connectivity index (χ3v) is 3.45. The quantitative estimate of drug-likeness (QED) is 0.745. The molecule has 0 unspecified atom stereocenters. The van der Waals surface area contributed by atoms with Crippen molar-refractivity contribution in [2.24, 2.45) is 0 Å². The average molecular weight is 338 g/mol. The Hall–Kier alpha value is -2.47. The summed E-state index contributed by atoms with van der Waals surface area (Å²) in [5.41, 5.74) is 6.94. The SMILES string of the molecule is CCc1nc(N)ccc1-c1c(F)c(F)cc2cc(O)cnc12.Cl. The number of anilines is 1. The average Bonchev–Trinajstić information content (AvgIpc) is 2.49. The van der Waals surface area contributed by atoms with Crippen LogP contribution in [0.25, 0.3) is 22.0 Å². The Morgan fingerprint density at radius 2 is 1.96 bits per heavy atom. The number of fused-ring (bicyclic) bond motifs is 1. The van der Waals surface area contributed by atoms with Gasteiger partial charge < -0.3 is 10.8 Å². The van der Waals surface area contributed by atoms with Crippen LogP contribution in [0.3, 0.4) is 0 Å². The van der Waals surface area contributed by atoms with Crippen molar-refractivity contribution in [3.63, 3.8) is 0 Å². The van der Waals surface area contributed by atoms with E-state index in [9.17, 15) is 13.9 Å². The first-order chi connectivity index (χ1) is 10.5. The lowest BCUT2D eigenvalue weighted by molar-refractivity contribution is 0.473. The molecule has 3 N–H and O–H groups in total. The smallest absolute Gasteiger partial charge is 0.168 e. The Morgan fingerprint density at radius 1 is 1.22 bits per heavy atom. The van der Waals surface area contributed by atoms with Gasteiger partial charge in [-0.15, -0.1) is 12.4 Å². The zero-order valence-corrected chi connectivity index (χ0v) is 13.0. The van der Waals surface area contributed by atoms with Gasteiger partial charge in [0.2, 0.25) is 0 Å². The van der Waals surface area contributed by atoms with Gasteiger partial charge in [0.15, 0.2) is 11.6 Å². The molecular weight excluding hydrogens is 324 g/mol. The van der Waals surface area contributed by atoms with Gasteiger partial charge in [-0.1, -0.05) is 6.92 Å². The minimum atomic E-state index is -1.01. The van der Waals surface area contributed by atoms with E-state index in [0.29, 0.717) is 28.9 Å². The third kappa shape index (κ3) is 2.90. The molecule has 3 aromatic rings. The molecule has 0 aliphatic heterocycles. The predicted octanol–water partition coefficient (Wildman–Crippen LogP) is 3.85. The Labute approximate surface area is 137 Å². The molecule has 23 heavy (non-hydrogen) atoms. The molecule has 2 aromatic heterocycles. The fourth-order valence-electron chi connectivity index (χ4n) is 2.47. The highest BCUT2D eigenvalue weighted by molar-refractivity contribution is 5.95. The Balaban J connectivity index is 0.00000192. The van der Waals surface area contributed by atoms with Crippen LogP contribution in [0.1, 0.15) is 12.6 Å². The van der Waals surface area contributed by atoms with Crippen molar-refractivity contribution in [1.82, 2.24) is 9.97 Å². The highest BCUT2D eigenvalue weighted by Crippen LogP contribution is 2.35. The number of nitrogens with two attached hydrogens (primary N) is 1. The molecule has 2 heterocycles. The number of halogens is 3. The highest BCUT2D eigenvalue weighted by Gasteiger charge is 2.19. The molecule has 0 atom stereocenters. The Morgan fingerprint density at radius 3 is 2.65 bits per heavy atom. The van der Waals surface area contributed by atoms with E-state index in [-0.39, 0.29) is 29.2 Å². The molecule has 0 bridgehead atoms. The van der Waals surface area contributed by atoms with Crippen molar-refractivity contribution >= 4 is 29.1 Å². The van der Waals surface area contributed by atoms with Gasteiger partial charge in [-0.25, -0.2) is 13.8 Å². The lowest BCUT2D eigenvalue weighted by atomic mass is 9.98.